The SMILES string of the molecule is CN1CCCC1CCC(N)=S.Cl. The van der Waals surface area contributed by atoms with Crippen LogP contribution >= 0.6 is 24.6 Å². The van der Waals surface area contributed by atoms with Crippen LogP contribution in [-0.4, -0.2) is 29.5 Å². The second-order valence-electron chi connectivity index (χ2n) is 3.28. The number of halogens is 1. The van der Waals surface area contributed by atoms with Crippen molar-refractivity contribution in [3.63, 3.8) is 0 Å². The van der Waals surface area contributed by atoms with E-state index in [0.717, 1.165) is 18.9 Å². The molecule has 1 saturated heterocycles. The second kappa shape index (κ2) is 5.73. The summed E-state index contributed by atoms with van der Waals surface area (Å²) in [6, 6.07) is 0.733. The molecule has 0 saturated carbocycles. The summed E-state index contributed by atoms with van der Waals surface area (Å²) in [5.74, 6) is 0. The molecule has 1 aliphatic rings. The lowest BCUT2D eigenvalue weighted by Crippen LogP contribution is -2.26. The highest BCUT2D eigenvalue weighted by molar-refractivity contribution is 7.80. The predicted octanol–water partition coefficient (Wildman–Crippen LogP) is 1.57. The molecule has 2 N–H and O–H groups in total. The first-order chi connectivity index (χ1) is 5.20. The first-order valence-electron chi connectivity index (χ1n) is 4.18. The average molecular weight is 209 g/mol. The van der Waals surface area contributed by atoms with E-state index >= 15 is 0 Å². The van der Waals surface area contributed by atoms with E-state index in [2.05, 4.69) is 11.9 Å². The predicted molar refractivity (Wildman–Crippen MR) is 58.9 cm³/mol. The largest absolute Gasteiger partial charge is 0.393 e. The van der Waals surface area contributed by atoms with Gasteiger partial charge in [-0.3, -0.25) is 0 Å². The molecule has 0 aromatic rings. The Morgan fingerprint density at radius 2 is 2.33 bits per heavy atom. The van der Waals surface area contributed by atoms with Crippen LogP contribution in [0.4, 0.5) is 0 Å². The molecule has 1 unspecified atom stereocenters. The molecule has 1 fully saturated rings. The molecule has 0 radical (unpaired) electrons. The molecule has 1 aliphatic heterocycles. The topological polar surface area (TPSA) is 29.3 Å². The number of nitrogens with zero attached hydrogens (tertiary/aromatic N) is 1. The molecule has 1 rings (SSSR count). The molecule has 0 bridgehead atoms. The monoisotopic (exact) mass is 208 g/mol. The maximum atomic E-state index is 5.43. The number of nitrogens with two attached hydrogens (primary N) is 1. The third kappa shape index (κ3) is 3.70. The fraction of sp³-hybridized carbons (Fsp3) is 0.875. The zero-order valence-electron chi connectivity index (χ0n) is 7.45. The van der Waals surface area contributed by atoms with Crippen molar-refractivity contribution in [2.24, 2.45) is 5.73 Å². The summed E-state index contributed by atoms with van der Waals surface area (Å²) >= 11 is 4.83. The lowest BCUT2D eigenvalue weighted by Gasteiger charge is -2.18. The smallest absolute Gasteiger partial charge is 0.0727 e. The van der Waals surface area contributed by atoms with E-state index in [9.17, 15) is 0 Å². The normalized spacial score (nSPS) is 23.6. The zero-order chi connectivity index (χ0) is 8.27. The van der Waals surface area contributed by atoms with Crippen LogP contribution in [0.5, 0.6) is 0 Å². The summed E-state index contributed by atoms with van der Waals surface area (Å²) in [5, 5.41) is 0. The van der Waals surface area contributed by atoms with Gasteiger partial charge in [-0.05, 0) is 39.3 Å². The van der Waals surface area contributed by atoms with Crippen LogP contribution in [0.3, 0.4) is 0 Å². The Labute approximate surface area is 85.9 Å². The summed E-state index contributed by atoms with van der Waals surface area (Å²) in [5.41, 5.74) is 5.43. The second-order valence-corrected chi connectivity index (χ2v) is 3.81. The van der Waals surface area contributed by atoms with Crippen molar-refractivity contribution in [1.82, 2.24) is 4.90 Å². The fourth-order valence-corrected chi connectivity index (χ4v) is 1.77. The maximum Gasteiger partial charge on any atom is 0.0727 e. The van der Waals surface area contributed by atoms with E-state index in [-0.39, 0.29) is 12.4 Å². The fourth-order valence-electron chi connectivity index (χ4n) is 1.65. The van der Waals surface area contributed by atoms with Gasteiger partial charge in [0, 0.05) is 6.04 Å². The molecule has 0 amide bonds. The van der Waals surface area contributed by atoms with Gasteiger partial charge in [-0.15, -0.1) is 12.4 Å². The van der Waals surface area contributed by atoms with Crippen molar-refractivity contribution < 1.29 is 0 Å². The molecule has 0 aromatic carbocycles. The van der Waals surface area contributed by atoms with Crippen LogP contribution in [0.15, 0.2) is 0 Å². The van der Waals surface area contributed by atoms with Gasteiger partial charge in [0.2, 0.25) is 0 Å². The Morgan fingerprint density at radius 1 is 1.67 bits per heavy atom. The molecular weight excluding hydrogens is 192 g/mol. The summed E-state index contributed by atoms with van der Waals surface area (Å²) in [7, 11) is 2.18. The lowest BCUT2D eigenvalue weighted by molar-refractivity contribution is 0.300. The highest BCUT2D eigenvalue weighted by Gasteiger charge is 2.19. The number of thiocarbonyl (C=S) groups is 1. The van der Waals surface area contributed by atoms with Crippen molar-refractivity contribution in [1.29, 1.82) is 0 Å². The standard InChI is InChI=1S/C8H16N2S.ClH/c1-10-6-2-3-7(10)4-5-8(9)11;/h7H,2-6H2,1H3,(H2,9,11);1H. The quantitative estimate of drug-likeness (QED) is 0.715. The van der Waals surface area contributed by atoms with Gasteiger partial charge in [-0.25, -0.2) is 0 Å². The van der Waals surface area contributed by atoms with Crippen molar-refractivity contribution in [3.05, 3.63) is 0 Å². The van der Waals surface area contributed by atoms with Crippen LogP contribution in [0, 0.1) is 0 Å². The highest BCUT2D eigenvalue weighted by atomic mass is 35.5. The third-order valence-electron chi connectivity index (χ3n) is 2.40. The van der Waals surface area contributed by atoms with Gasteiger partial charge in [-0.2, -0.15) is 0 Å². The molecule has 1 atom stereocenters. The van der Waals surface area contributed by atoms with Crippen molar-refractivity contribution in [2.45, 2.75) is 31.7 Å². The Kier molecular flexibility index (Phi) is 5.80. The minimum absolute atomic E-state index is 0. The summed E-state index contributed by atoms with van der Waals surface area (Å²) in [4.78, 5) is 3.06. The van der Waals surface area contributed by atoms with Gasteiger partial charge in [0.05, 0.1) is 4.99 Å². The molecule has 0 aliphatic carbocycles. The van der Waals surface area contributed by atoms with Crippen molar-refractivity contribution in [3.8, 4) is 0 Å². The number of likely N-dealkylation sites (tertiary alicyclic amines) is 1. The van der Waals surface area contributed by atoms with Crippen LogP contribution in [0.1, 0.15) is 25.7 Å². The minimum Gasteiger partial charge on any atom is -0.393 e. The molecule has 1 heterocycles. The van der Waals surface area contributed by atoms with Crippen molar-refractivity contribution >= 4 is 29.6 Å². The number of rotatable bonds is 3. The summed E-state index contributed by atoms with van der Waals surface area (Å²) in [6.07, 6.45) is 4.70. The van der Waals surface area contributed by atoms with Gasteiger partial charge in [-0.1, -0.05) is 12.2 Å². The van der Waals surface area contributed by atoms with Gasteiger partial charge in [0.25, 0.3) is 0 Å². The van der Waals surface area contributed by atoms with Crippen molar-refractivity contribution in [2.75, 3.05) is 13.6 Å². The number of hydrogen-bond donors (Lipinski definition) is 1. The molecule has 2 nitrogen and oxygen atoms in total. The van der Waals surface area contributed by atoms with Gasteiger partial charge >= 0.3 is 0 Å². The molecular formula is C8H17ClN2S. The van der Waals surface area contributed by atoms with E-state index in [1.54, 1.807) is 0 Å². The molecule has 0 spiro atoms. The lowest BCUT2D eigenvalue weighted by atomic mass is 10.1. The zero-order valence-corrected chi connectivity index (χ0v) is 9.09. The average Bonchev–Trinajstić information content (AvgIpc) is 2.31. The molecule has 12 heavy (non-hydrogen) atoms. The minimum atomic E-state index is 0. The first-order valence-corrected chi connectivity index (χ1v) is 4.59. The molecule has 72 valence electrons. The van der Waals surface area contributed by atoms with E-state index < -0.39 is 0 Å². The van der Waals surface area contributed by atoms with Gasteiger partial charge in [0.15, 0.2) is 0 Å². The van der Waals surface area contributed by atoms with Crippen LogP contribution in [-0.2, 0) is 0 Å². The van der Waals surface area contributed by atoms with E-state index in [1.165, 1.54) is 19.4 Å². The summed E-state index contributed by atoms with van der Waals surface area (Å²) in [6.45, 7) is 1.24. The van der Waals surface area contributed by atoms with E-state index in [0.29, 0.717) is 4.99 Å². The van der Waals surface area contributed by atoms with Crippen LogP contribution in [0.25, 0.3) is 0 Å². The number of hydrogen-bond acceptors (Lipinski definition) is 2. The first kappa shape index (κ1) is 12.1. The molecule has 0 aromatic heterocycles. The van der Waals surface area contributed by atoms with Gasteiger partial charge < -0.3 is 10.6 Å². The highest BCUT2D eigenvalue weighted by Crippen LogP contribution is 2.18. The third-order valence-corrected chi connectivity index (χ3v) is 2.60. The van der Waals surface area contributed by atoms with Gasteiger partial charge in [0.1, 0.15) is 0 Å². The summed E-state index contributed by atoms with van der Waals surface area (Å²) < 4.78 is 0. The molecule has 4 heteroatoms. The maximum absolute atomic E-state index is 5.43. The Morgan fingerprint density at radius 3 is 2.75 bits per heavy atom. The van der Waals surface area contributed by atoms with Crippen LogP contribution < -0.4 is 5.73 Å². The Hall–Kier alpha value is 0.140. The van der Waals surface area contributed by atoms with Crippen LogP contribution in [0.2, 0.25) is 0 Å². The van der Waals surface area contributed by atoms with E-state index in [1.807, 2.05) is 0 Å². The Bertz CT molecular complexity index is 152. The Balaban J connectivity index is 0.00000121. The van der Waals surface area contributed by atoms with E-state index in [4.69, 9.17) is 18.0 Å².